The second-order valence-electron chi connectivity index (χ2n) is 9.41. The molecule has 1 saturated heterocycles. The van der Waals surface area contributed by atoms with Crippen LogP contribution in [0.3, 0.4) is 0 Å². The molecule has 5 nitrogen and oxygen atoms in total. The number of piperazine rings is 1. The molecule has 2 unspecified atom stereocenters. The van der Waals surface area contributed by atoms with E-state index in [0.717, 1.165) is 18.9 Å². The molecule has 2 atom stereocenters. The van der Waals surface area contributed by atoms with Crippen LogP contribution in [-0.2, 0) is 19.1 Å². The van der Waals surface area contributed by atoms with Crippen molar-refractivity contribution in [1.82, 2.24) is 19.5 Å². The van der Waals surface area contributed by atoms with Crippen molar-refractivity contribution in [2.45, 2.75) is 57.9 Å². The largest absolute Gasteiger partial charge is 0.420 e. The molecular formula is C24H26F5N5. The number of hydrogen-bond donors (Lipinski definition) is 0. The Hall–Kier alpha value is -2.75. The van der Waals surface area contributed by atoms with Gasteiger partial charge in [-0.3, -0.25) is 9.30 Å². The Morgan fingerprint density at radius 2 is 1.76 bits per heavy atom. The number of hydrogen-bond acceptors (Lipinski definition) is 4. The SMILES string of the molecule is CC1C(C)N(c2ccc(F)cc2F)CCN1Cc1ccn2c(CC3CC3)nnc2c1C(F)(F)F. The molecule has 2 fully saturated rings. The molecule has 0 N–H and O–H groups in total. The molecule has 2 aliphatic rings. The van der Waals surface area contributed by atoms with E-state index in [4.69, 9.17) is 0 Å². The molecule has 1 saturated carbocycles. The van der Waals surface area contributed by atoms with Crippen LogP contribution in [0.5, 0.6) is 0 Å². The van der Waals surface area contributed by atoms with E-state index in [1.165, 1.54) is 22.6 Å². The molecule has 182 valence electrons. The minimum Gasteiger partial charge on any atom is -0.364 e. The summed E-state index contributed by atoms with van der Waals surface area (Å²) in [7, 11) is 0. The van der Waals surface area contributed by atoms with Crippen LogP contribution in [0.25, 0.3) is 5.65 Å². The lowest BCUT2D eigenvalue weighted by Gasteiger charge is -2.46. The van der Waals surface area contributed by atoms with Gasteiger partial charge in [0.15, 0.2) is 5.65 Å². The summed E-state index contributed by atoms with van der Waals surface area (Å²) in [5, 5.41) is 7.97. The number of fused-ring (bicyclic) bond motifs is 1. The highest BCUT2D eigenvalue weighted by Crippen LogP contribution is 2.38. The Balaban J connectivity index is 1.41. The van der Waals surface area contributed by atoms with Gasteiger partial charge in [-0.05, 0) is 56.4 Å². The van der Waals surface area contributed by atoms with Gasteiger partial charge in [-0.15, -0.1) is 10.2 Å². The number of halogens is 5. The lowest BCUT2D eigenvalue weighted by molar-refractivity contribution is -0.137. The van der Waals surface area contributed by atoms with E-state index in [9.17, 15) is 22.0 Å². The van der Waals surface area contributed by atoms with Crippen molar-refractivity contribution >= 4 is 11.3 Å². The van der Waals surface area contributed by atoms with Crippen molar-refractivity contribution in [3.8, 4) is 0 Å². The van der Waals surface area contributed by atoms with Crippen LogP contribution in [0, 0.1) is 17.6 Å². The highest BCUT2D eigenvalue weighted by atomic mass is 19.4. The lowest BCUT2D eigenvalue weighted by atomic mass is 10.0. The number of benzene rings is 1. The molecule has 1 aliphatic carbocycles. The average Bonchev–Trinajstić information content (AvgIpc) is 3.50. The third-order valence-corrected chi connectivity index (χ3v) is 7.17. The van der Waals surface area contributed by atoms with Gasteiger partial charge >= 0.3 is 6.18 Å². The number of anilines is 1. The summed E-state index contributed by atoms with van der Waals surface area (Å²) < 4.78 is 71.7. The van der Waals surface area contributed by atoms with E-state index in [1.807, 2.05) is 23.6 Å². The molecule has 34 heavy (non-hydrogen) atoms. The van der Waals surface area contributed by atoms with E-state index in [1.54, 1.807) is 6.20 Å². The zero-order valence-electron chi connectivity index (χ0n) is 19.0. The average molecular weight is 479 g/mol. The first-order valence-electron chi connectivity index (χ1n) is 11.5. The number of nitrogens with zero attached hydrogens (tertiary/aromatic N) is 5. The first-order chi connectivity index (χ1) is 16.1. The fourth-order valence-corrected chi connectivity index (χ4v) is 4.91. The summed E-state index contributed by atoms with van der Waals surface area (Å²) in [6, 6.07) is 4.62. The van der Waals surface area contributed by atoms with Gasteiger partial charge in [0, 0.05) is 50.4 Å². The number of alkyl halides is 3. The van der Waals surface area contributed by atoms with Gasteiger partial charge in [0.1, 0.15) is 23.0 Å². The standard InChI is InChI=1S/C24H26F5N5/c1-14-15(2)33(20-6-5-18(25)12-19(20)26)10-9-32(14)13-17-7-8-34-21(11-16-3-4-16)30-31-23(34)22(17)24(27,28)29/h5-8,12,14-16H,3-4,9-11,13H2,1-2H3. The van der Waals surface area contributed by atoms with Crippen LogP contribution in [0.1, 0.15) is 43.6 Å². The van der Waals surface area contributed by atoms with Crippen LogP contribution < -0.4 is 4.90 Å². The van der Waals surface area contributed by atoms with Crippen molar-refractivity contribution in [3.63, 3.8) is 0 Å². The van der Waals surface area contributed by atoms with E-state index >= 15 is 0 Å². The maximum absolute atomic E-state index is 14.4. The molecule has 2 aromatic heterocycles. The van der Waals surface area contributed by atoms with E-state index in [2.05, 4.69) is 10.2 Å². The topological polar surface area (TPSA) is 36.7 Å². The number of aromatic nitrogens is 3. The Labute approximate surface area is 194 Å². The molecule has 1 aliphatic heterocycles. The molecule has 3 heterocycles. The van der Waals surface area contributed by atoms with Gasteiger partial charge in [0.2, 0.25) is 0 Å². The third kappa shape index (κ3) is 4.23. The Morgan fingerprint density at radius 1 is 1.00 bits per heavy atom. The highest BCUT2D eigenvalue weighted by molar-refractivity contribution is 5.54. The fourth-order valence-electron chi connectivity index (χ4n) is 4.91. The minimum absolute atomic E-state index is 0.0847. The second-order valence-corrected chi connectivity index (χ2v) is 9.41. The van der Waals surface area contributed by atoms with E-state index in [0.29, 0.717) is 36.9 Å². The zero-order chi connectivity index (χ0) is 24.2. The second kappa shape index (κ2) is 8.48. The smallest absolute Gasteiger partial charge is 0.364 e. The summed E-state index contributed by atoms with van der Waals surface area (Å²) >= 11 is 0. The molecule has 10 heteroatoms. The van der Waals surface area contributed by atoms with Crippen LogP contribution in [0.2, 0.25) is 0 Å². The molecular weight excluding hydrogens is 453 g/mol. The maximum atomic E-state index is 14.4. The molecule has 3 aromatic rings. The summed E-state index contributed by atoms with van der Waals surface area (Å²) in [6.07, 6.45) is -0.161. The monoisotopic (exact) mass is 479 g/mol. The van der Waals surface area contributed by atoms with Gasteiger partial charge in [-0.1, -0.05) is 0 Å². The van der Waals surface area contributed by atoms with Gasteiger partial charge in [0.05, 0.1) is 5.69 Å². The molecule has 0 amide bonds. The zero-order valence-corrected chi connectivity index (χ0v) is 19.0. The van der Waals surface area contributed by atoms with E-state index in [-0.39, 0.29) is 29.8 Å². The fraction of sp³-hybridized carbons (Fsp3) is 0.500. The molecule has 1 aromatic carbocycles. The van der Waals surface area contributed by atoms with Crippen LogP contribution in [0.4, 0.5) is 27.6 Å². The van der Waals surface area contributed by atoms with Crippen molar-refractivity contribution < 1.29 is 22.0 Å². The predicted octanol–water partition coefficient (Wildman–Crippen LogP) is 5.08. The summed E-state index contributed by atoms with van der Waals surface area (Å²) in [6.45, 7) is 4.74. The molecule has 0 spiro atoms. The first kappa shape index (κ1) is 23.0. The van der Waals surface area contributed by atoms with E-state index < -0.39 is 23.4 Å². The van der Waals surface area contributed by atoms with Gasteiger partial charge in [-0.25, -0.2) is 8.78 Å². The Morgan fingerprint density at radius 3 is 2.44 bits per heavy atom. The van der Waals surface area contributed by atoms with Gasteiger partial charge in [-0.2, -0.15) is 13.2 Å². The molecule has 0 radical (unpaired) electrons. The predicted molar refractivity (Wildman–Crippen MR) is 117 cm³/mol. The normalized spacial score (nSPS) is 22.0. The third-order valence-electron chi connectivity index (χ3n) is 7.17. The van der Waals surface area contributed by atoms with Crippen LogP contribution in [-0.4, -0.2) is 44.7 Å². The Kier molecular flexibility index (Phi) is 5.74. The summed E-state index contributed by atoms with van der Waals surface area (Å²) in [5.41, 5.74) is -0.472. The summed E-state index contributed by atoms with van der Waals surface area (Å²) in [4.78, 5) is 3.80. The van der Waals surface area contributed by atoms with Crippen LogP contribution >= 0.6 is 0 Å². The van der Waals surface area contributed by atoms with Crippen molar-refractivity contribution in [3.05, 3.63) is 59.0 Å². The lowest BCUT2D eigenvalue weighted by Crippen LogP contribution is -2.57. The van der Waals surface area contributed by atoms with Crippen molar-refractivity contribution in [1.29, 1.82) is 0 Å². The summed E-state index contributed by atoms with van der Waals surface area (Å²) in [5.74, 6) is -0.256. The number of rotatable bonds is 5. The molecule has 5 rings (SSSR count). The van der Waals surface area contributed by atoms with Crippen molar-refractivity contribution in [2.75, 3.05) is 18.0 Å². The quantitative estimate of drug-likeness (QED) is 0.479. The Bertz CT molecular complexity index is 1200. The van der Waals surface area contributed by atoms with Crippen molar-refractivity contribution in [2.24, 2.45) is 5.92 Å². The maximum Gasteiger partial charge on any atom is 0.420 e. The molecule has 0 bridgehead atoms. The van der Waals surface area contributed by atoms with Gasteiger partial charge in [0.25, 0.3) is 0 Å². The van der Waals surface area contributed by atoms with Gasteiger partial charge < -0.3 is 4.90 Å². The highest BCUT2D eigenvalue weighted by Gasteiger charge is 2.39. The number of pyridine rings is 1. The van der Waals surface area contributed by atoms with Crippen LogP contribution in [0.15, 0.2) is 30.5 Å². The minimum atomic E-state index is -4.57. The first-order valence-corrected chi connectivity index (χ1v) is 11.5.